The Balaban J connectivity index is 1.79. The lowest BCUT2D eigenvalue weighted by Crippen LogP contribution is -2.23. The van der Waals surface area contributed by atoms with Crippen LogP contribution < -0.4 is 5.32 Å². The first-order valence-corrected chi connectivity index (χ1v) is 10.2. The molecular formula is C21H17ClFN5OS. The van der Waals surface area contributed by atoms with E-state index in [-0.39, 0.29) is 10.9 Å². The Morgan fingerprint density at radius 2 is 2.17 bits per heavy atom. The van der Waals surface area contributed by atoms with Crippen molar-refractivity contribution in [1.29, 1.82) is 5.26 Å². The van der Waals surface area contributed by atoms with E-state index in [1.165, 1.54) is 30.0 Å². The zero-order chi connectivity index (χ0) is 21.7. The summed E-state index contributed by atoms with van der Waals surface area (Å²) < 4.78 is 15.9. The summed E-state index contributed by atoms with van der Waals surface area (Å²) >= 11 is 7.20. The number of amides is 1. The highest BCUT2D eigenvalue weighted by Gasteiger charge is 2.22. The maximum absolute atomic E-state index is 14.2. The van der Waals surface area contributed by atoms with Crippen LogP contribution in [0.25, 0.3) is 11.4 Å². The molecule has 3 aromatic rings. The molecule has 1 amide bonds. The zero-order valence-corrected chi connectivity index (χ0v) is 17.5. The third-order valence-electron chi connectivity index (χ3n) is 4.15. The van der Waals surface area contributed by atoms with Gasteiger partial charge < -0.3 is 5.32 Å². The number of halogens is 2. The molecule has 30 heavy (non-hydrogen) atoms. The smallest absolute Gasteiger partial charge is 0.237 e. The number of allylic oxidation sites excluding steroid dienone is 1. The van der Waals surface area contributed by atoms with Gasteiger partial charge in [0.2, 0.25) is 5.91 Å². The number of anilines is 1. The molecule has 1 N–H and O–H groups in total. The summed E-state index contributed by atoms with van der Waals surface area (Å²) in [5.41, 5.74) is 1.13. The number of rotatable bonds is 7. The molecule has 1 atom stereocenters. The lowest BCUT2D eigenvalue weighted by molar-refractivity contribution is -0.115. The average Bonchev–Trinajstić information content (AvgIpc) is 3.11. The van der Waals surface area contributed by atoms with Gasteiger partial charge in [-0.15, -0.1) is 16.8 Å². The minimum Gasteiger partial charge on any atom is -0.325 e. The van der Waals surface area contributed by atoms with Crippen molar-refractivity contribution in [3.8, 4) is 17.5 Å². The Hall–Kier alpha value is -3.15. The van der Waals surface area contributed by atoms with Crippen molar-refractivity contribution in [2.75, 3.05) is 5.32 Å². The number of nitrogens with one attached hydrogen (secondary N) is 1. The largest absolute Gasteiger partial charge is 0.325 e. The van der Waals surface area contributed by atoms with Crippen molar-refractivity contribution < 1.29 is 9.18 Å². The molecule has 0 spiro atoms. The predicted molar refractivity (Wildman–Crippen MR) is 116 cm³/mol. The summed E-state index contributed by atoms with van der Waals surface area (Å²) in [4.78, 5) is 12.6. The van der Waals surface area contributed by atoms with Crippen molar-refractivity contribution in [2.45, 2.75) is 23.9 Å². The van der Waals surface area contributed by atoms with Crippen LogP contribution in [0.5, 0.6) is 0 Å². The summed E-state index contributed by atoms with van der Waals surface area (Å²) in [6, 6.07) is 12.9. The fraction of sp³-hybridized carbons (Fsp3) is 0.143. The molecule has 6 nitrogen and oxygen atoms in total. The number of aromatic nitrogens is 3. The van der Waals surface area contributed by atoms with Gasteiger partial charge in [-0.1, -0.05) is 41.6 Å². The first-order chi connectivity index (χ1) is 14.4. The van der Waals surface area contributed by atoms with Crippen LogP contribution in [0.15, 0.2) is 60.3 Å². The Morgan fingerprint density at radius 3 is 2.83 bits per heavy atom. The number of hydrogen-bond donors (Lipinski definition) is 1. The van der Waals surface area contributed by atoms with E-state index >= 15 is 0 Å². The lowest BCUT2D eigenvalue weighted by Gasteiger charge is -2.13. The molecule has 0 saturated heterocycles. The molecule has 0 aliphatic carbocycles. The Bertz CT molecular complexity index is 1140. The lowest BCUT2D eigenvalue weighted by atomic mass is 10.2. The average molecular weight is 442 g/mol. The number of benzene rings is 2. The molecule has 1 heterocycles. The Labute approximate surface area is 182 Å². The molecule has 3 rings (SSSR count). The molecule has 0 radical (unpaired) electrons. The van der Waals surface area contributed by atoms with Crippen LogP contribution in [-0.2, 0) is 11.3 Å². The van der Waals surface area contributed by atoms with E-state index in [0.29, 0.717) is 34.3 Å². The quantitative estimate of drug-likeness (QED) is 0.416. The van der Waals surface area contributed by atoms with Crippen molar-refractivity contribution in [3.05, 3.63) is 71.5 Å². The van der Waals surface area contributed by atoms with Gasteiger partial charge in [0.15, 0.2) is 11.0 Å². The van der Waals surface area contributed by atoms with Crippen LogP contribution in [0.1, 0.15) is 12.5 Å². The maximum Gasteiger partial charge on any atom is 0.237 e. The second kappa shape index (κ2) is 9.57. The summed E-state index contributed by atoms with van der Waals surface area (Å²) in [6.07, 6.45) is 1.65. The van der Waals surface area contributed by atoms with Crippen LogP contribution in [0.3, 0.4) is 0 Å². The number of thioether (sulfide) groups is 1. The summed E-state index contributed by atoms with van der Waals surface area (Å²) in [7, 11) is 0. The number of hydrogen-bond acceptors (Lipinski definition) is 5. The van der Waals surface area contributed by atoms with E-state index in [0.717, 1.165) is 0 Å². The number of carbonyl (C=O) groups excluding carboxylic acids is 1. The van der Waals surface area contributed by atoms with Crippen LogP contribution in [0.4, 0.5) is 10.1 Å². The van der Waals surface area contributed by atoms with E-state index in [2.05, 4.69) is 22.1 Å². The standard InChI is InChI=1S/C21H17ClFN5OS/c1-3-10-28-19(16-6-4-5-7-18(16)23)26-27-21(28)30-13(2)20(29)25-15-9-8-14(12-24)17(22)11-15/h3-9,11,13H,1,10H2,2H3,(H,25,29). The molecule has 0 fully saturated rings. The highest BCUT2D eigenvalue weighted by atomic mass is 35.5. The molecule has 9 heteroatoms. The van der Waals surface area contributed by atoms with Gasteiger partial charge in [0.1, 0.15) is 11.9 Å². The van der Waals surface area contributed by atoms with Gasteiger partial charge >= 0.3 is 0 Å². The molecular weight excluding hydrogens is 425 g/mol. The fourth-order valence-corrected chi connectivity index (χ4v) is 3.73. The number of nitrogens with zero attached hydrogens (tertiary/aromatic N) is 4. The van der Waals surface area contributed by atoms with Crippen LogP contribution >= 0.6 is 23.4 Å². The highest BCUT2D eigenvalue weighted by molar-refractivity contribution is 8.00. The molecule has 0 aliphatic rings. The van der Waals surface area contributed by atoms with Crippen molar-refractivity contribution in [2.24, 2.45) is 0 Å². The van der Waals surface area contributed by atoms with Crippen molar-refractivity contribution >= 4 is 35.0 Å². The topological polar surface area (TPSA) is 83.6 Å². The number of nitriles is 1. The Morgan fingerprint density at radius 1 is 1.40 bits per heavy atom. The first kappa shape index (κ1) is 21.6. The van der Waals surface area contributed by atoms with Crippen molar-refractivity contribution in [3.63, 3.8) is 0 Å². The van der Waals surface area contributed by atoms with E-state index in [4.69, 9.17) is 16.9 Å². The van der Waals surface area contributed by atoms with E-state index in [9.17, 15) is 9.18 Å². The number of carbonyl (C=O) groups is 1. The molecule has 1 aromatic heterocycles. The second-order valence-corrected chi connectivity index (χ2v) is 7.96. The molecule has 1 unspecified atom stereocenters. The molecule has 0 bridgehead atoms. The van der Waals surface area contributed by atoms with Gasteiger partial charge in [-0.05, 0) is 37.3 Å². The third kappa shape index (κ3) is 4.70. The minimum atomic E-state index is -0.527. The van der Waals surface area contributed by atoms with Gasteiger partial charge in [0.25, 0.3) is 0 Å². The first-order valence-electron chi connectivity index (χ1n) is 8.90. The van der Waals surface area contributed by atoms with E-state index in [1.54, 1.807) is 41.8 Å². The minimum absolute atomic E-state index is 0.260. The molecule has 2 aromatic carbocycles. The van der Waals surface area contributed by atoms with Gasteiger partial charge in [-0.25, -0.2) is 4.39 Å². The van der Waals surface area contributed by atoms with Crippen LogP contribution in [0, 0.1) is 17.1 Å². The van der Waals surface area contributed by atoms with E-state index in [1.807, 2.05) is 6.07 Å². The summed E-state index contributed by atoms with van der Waals surface area (Å²) in [5.74, 6) is -0.321. The van der Waals surface area contributed by atoms with Gasteiger partial charge in [0, 0.05) is 12.2 Å². The second-order valence-electron chi connectivity index (χ2n) is 6.24. The van der Waals surface area contributed by atoms with Gasteiger partial charge in [-0.3, -0.25) is 9.36 Å². The third-order valence-corrected chi connectivity index (χ3v) is 5.54. The fourth-order valence-electron chi connectivity index (χ4n) is 2.65. The zero-order valence-electron chi connectivity index (χ0n) is 16.0. The molecule has 0 saturated carbocycles. The van der Waals surface area contributed by atoms with Gasteiger partial charge in [-0.2, -0.15) is 5.26 Å². The van der Waals surface area contributed by atoms with Crippen LogP contribution in [-0.4, -0.2) is 25.9 Å². The summed E-state index contributed by atoms with van der Waals surface area (Å²) in [6.45, 7) is 5.82. The predicted octanol–water partition coefficient (Wildman–Crippen LogP) is 4.91. The van der Waals surface area contributed by atoms with E-state index < -0.39 is 11.1 Å². The summed E-state index contributed by atoms with van der Waals surface area (Å²) in [5, 5.41) is 20.2. The van der Waals surface area contributed by atoms with Crippen LogP contribution in [0.2, 0.25) is 5.02 Å². The maximum atomic E-state index is 14.2. The SMILES string of the molecule is C=CCn1c(SC(C)C(=O)Nc2ccc(C#N)c(Cl)c2)nnc1-c1ccccc1F. The van der Waals surface area contributed by atoms with Gasteiger partial charge in [0.05, 0.1) is 21.4 Å². The Kier molecular flexibility index (Phi) is 6.87. The molecule has 152 valence electrons. The highest BCUT2D eigenvalue weighted by Crippen LogP contribution is 2.29. The monoisotopic (exact) mass is 441 g/mol. The molecule has 0 aliphatic heterocycles. The van der Waals surface area contributed by atoms with Crippen molar-refractivity contribution in [1.82, 2.24) is 14.8 Å². The normalized spacial score (nSPS) is 11.5.